The maximum atomic E-state index is 11.6. The van der Waals surface area contributed by atoms with Gasteiger partial charge in [0.1, 0.15) is 0 Å². The van der Waals surface area contributed by atoms with Crippen molar-refractivity contribution in [3.8, 4) is 0 Å². The molecule has 0 bridgehead atoms. The van der Waals surface area contributed by atoms with Gasteiger partial charge in [-0.25, -0.2) is 0 Å². The Kier molecular flexibility index (Phi) is 3.18. The SMILES string of the molecule is O=S(=O)(I(F)Cl)C(F)(F)F. The molecular formula is CClF4IO2S. The van der Waals surface area contributed by atoms with Crippen molar-refractivity contribution in [1.29, 1.82) is 0 Å². The number of rotatable bonds is 1. The summed E-state index contributed by atoms with van der Waals surface area (Å²) in [6, 6.07) is 0. The van der Waals surface area contributed by atoms with Crippen LogP contribution in [0.3, 0.4) is 0 Å². The van der Waals surface area contributed by atoms with E-state index >= 15 is 0 Å². The normalized spacial score (nSPS) is 15.1. The molecule has 0 spiro atoms. The van der Waals surface area contributed by atoms with E-state index in [-0.39, 0.29) is 0 Å². The second-order valence-electron chi connectivity index (χ2n) is 1.05. The van der Waals surface area contributed by atoms with Gasteiger partial charge in [0.25, 0.3) is 0 Å². The fourth-order valence-corrected chi connectivity index (χ4v) is 2.66. The van der Waals surface area contributed by atoms with Crippen LogP contribution in [0.2, 0.25) is 0 Å². The Bertz CT molecular complexity index is 206. The molecule has 0 aromatic carbocycles. The van der Waals surface area contributed by atoms with Crippen LogP contribution in [0.5, 0.6) is 0 Å². The number of hydrogen-bond donors (Lipinski definition) is 0. The van der Waals surface area contributed by atoms with Crippen LogP contribution in [-0.4, -0.2) is 13.9 Å². The Morgan fingerprint density at radius 2 is 1.60 bits per heavy atom. The number of halogens is 6. The molecule has 2 nitrogen and oxygen atoms in total. The third-order valence-electron chi connectivity index (χ3n) is 0.430. The van der Waals surface area contributed by atoms with Gasteiger partial charge >= 0.3 is 63.8 Å². The second-order valence-corrected chi connectivity index (χ2v) is 11.5. The van der Waals surface area contributed by atoms with E-state index in [1.807, 2.05) is 0 Å². The van der Waals surface area contributed by atoms with Gasteiger partial charge in [-0.2, -0.15) is 0 Å². The van der Waals surface area contributed by atoms with E-state index in [0.29, 0.717) is 0 Å². The van der Waals surface area contributed by atoms with Crippen molar-refractivity contribution in [3.05, 3.63) is 0 Å². The summed E-state index contributed by atoms with van der Waals surface area (Å²) in [4.78, 5) is 0. The fourth-order valence-electron chi connectivity index (χ4n) is 0.0661. The molecule has 0 heterocycles. The van der Waals surface area contributed by atoms with E-state index in [4.69, 9.17) is 0 Å². The zero-order valence-electron chi connectivity index (χ0n) is 3.99. The van der Waals surface area contributed by atoms with Crippen LogP contribution >= 0.6 is 26.8 Å². The molecule has 0 aromatic heterocycles. The topological polar surface area (TPSA) is 34.1 Å². The van der Waals surface area contributed by atoms with Crippen molar-refractivity contribution >= 4 is 33.8 Å². The van der Waals surface area contributed by atoms with Crippen LogP contribution < -0.4 is 0 Å². The molecule has 0 N–H and O–H groups in total. The first kappa shape index (κ1) is 10.7. The van der Waals surface area contributed by atoms with E-state index in [1.165, 1.54) is 0 Å². The van der Waals surface area contributed by atoms with Crippen LogP contribution in [0, 0.1) is 0 Å². The first-order valence-corrected chi connectivity index (χ1v) is 9.12. The average Bonchev–Trinajstić information content (AvgIpc) is 1.62. The Balaban J connectivity index is 4.79. The summed E-state index contributed by atoms with van der Waals surface area (Å²) in [5, 5.41) is 0. The summed E-state index contributed by atoms with van der Waals surface area (Å²) >= 11 is -4.85. The molecule has 0 rings (SSSR count). The Labute approximate surface area is 63.8 Å². The molecule has 0 aliphatic heterocycles. The van der Waals surface area contributed by atoms with E-state index in [9.17, 15) is 24.4 Å². The van der Waals surface area contributed by atoms with Gasteiger partial charge in [-0.15, -0.1) is 0 Å². The quantitative estimate of drug-likeness (QED) is 0.423. The zero-order chi connectivity index (χ0) is 8.58. The molecule has 0 aliphatic carbocycles. The van der Waals surface area contributed by atoms with E-state index in [1.54, 1.807) is 0 Å². The first-order chi connectivity index (χ1) is 4.19. The minimum atomic E-state index is -5.66. The monoisotopic (exact) mass is 314 g/mol. The molecule has 0 unspecified atom stereocenters. The van der Waals surface area contributed by atoms with Crippen molar-refractivity contribution in [2.75, 3.05) is 0 Å². The van der Waals surface area contributed by atoms with Crippen LogP contribution in [0.4, 0.5) is 16.0 Å². The molecule has 9 heteroatoms. The van der Waals surface area contributed by atoms with E-state index in [0.717, 1.165) is 0 Å². The number of hydrogen-bond acceptors (Lipinski definition) is 2. The van der Waals surface area contributed by atoms with Gasteiger partial charge in [-0.1, -0.05) is 0 Å². The summed E-state index contributed by atoms with van der Waals surface area (Å²) in [6.07, 6.45) is 0. The summed E-state index contributed by atoms with van der Waals surface area (Å²) in [7, 11) is -1.42. The molecule has 0 amide bonds. The van der Waals surface area contributed by atoms with Gasteiger partial charge in [0.2, 0.25) is 0 Å². The zero-order valence-corrected chi connectivity index (χ0v) is 7.72. The van der Waals surface area contributed by atoms with Gasteiger partial charge in [-0.3, -0.25) is 0 Å². The van der Waals surface area contributed by atoms with Crippen LogP contribution in [0.15, 0.2) is 0 Å². The van der Waals surface area contributed by atoms with Gasteiger partial charge in [0.05, 0.1) is 0 Å². The van der Waals surface area contributed by atoms with Crippen molar-refractivity contribution in [2.45, 2.75) is 5.51 Å². The molecule has 0 aliphatic rings. The molecule has 0 atom stereocenters. The Hall–Kier alpha value is 0.690. The molecule has 0 saturated carbocycles. The van der Waals surface area contributed by atoms with E-state index < -0.39 is 30.4 Å². The maximum absolute atomic E-state index is 11.6. The van der Waals surface area contributed by atoms with Crippen molar-refractivity contribution in [2.24, 2.45) is 0 Å². The summed E-state index contributed by atoms with van der Waals surface area (Å²) in [6.45, 7) is 0. The first-order valence-electron chi connectivity index (χ1n) is 1.54. The van der Waals surface area contributed by atoms with Crippen molar-refractivity contribution < 1.29 is 24.4 Å². The molecule has 0 fully saturated rings. The van der Waals surface area contributed by atoms with Gasteiger partial charge < -0.3 is 0 Å². The van der Waals surface area contributed by atoms with Crippen LogP contribution in [-0.2, 0) is 7.01 Å². The van der Waals surface area contributed by atoms with Crippen LogP contribution in [0.25, 0.3) is 0 Å². The fraction of sp³-hybridized carbons (Fsp3) is 1.00. The average molecular weight is 314 g/mol. The number of alkyl halides is 3. The van der Waals surface area contributed by atoms with Crippen molar-refractivity contribution in [3.63, 3.8) is 0 Å². The Morgan fingerprint density at radius 1 is 1.30 bits per heavy atom. The third kappa shape index (κ3) is 2.09. The molecule has 10 heavy (non-hydrogen) atoms. The van der Waals surface area contributed by atoms with Gasteiger partial charge in [0, 0.05) is 0 Å². The predicted molar refractivity (Wildman–Crippen MR) is 36.0 cm³/mol. The van der Waals surface area contributed by atoms with Gasteiger partial charge in [-0.05, 0) is 0 Å². The van der Waals surface area contributed by atoms with Gasteiger partial charge in [0.15, 0.2) is 0 Å². The third-order valence-corrected chi connectivity index (χ3v) is 8.51. The second kappa shape index (κ2) is 2.97. The summed E-state index contributed by atoms with van der Waals surface area (Å²) in [5.74, 6) is 0. The summed E-state index contributed by atoms with van der Waals surface area (Å²) < 4.78 is 64.8. The molecule has 64 valence electrons. The standard InChI is InChI=1S/CClF4IO2S/c2-7(6)10(8,9)1(3,4)5. The van der Waals surface area contributed by atoms with Crippen molar-refractivity contribution in [1.82, 2.24) is 0 Å². The van der Waals surface area contributed by atoms with E-state index in [2.05, 4.69) is 8.91 Å². The molecule has 0 saturated heterocycles. The molecule has 0 aromatic rings. The Morgan fingerprint density at radius 3 is 1.60 bits per heavy atom. The molecule has 0 radical (unpaired) electrons. The minimum absolute atomic E-state index is 4.24. The predicted octanol–water partition coefficient (Wildman–Crippen LogP) is 2.38. The summed E-state index contributed by atoms with van der Waals surface area (Å²) in [5.41, 5.74) is -5.55. The molecular weight excluding hydrogens is 314 g/mol. The van der Waals surface area contributed by atoms with Crippen LogP contribution in [0.1, 0.15) is 0 Å².